The highest BCUT2D eigenvalue weighted by Crippen LogP contribution is 2.12. The van der Waals surface area contributed by atoms with Gasteiger partial charge >= 0.3 is 5.97 Å². The van der Waals surface area contributed by atoms with E-state index >= 15 is 0 Å². The van der Waals surface area contributed by atoms with E-state index in [0.29, 0.717) is 6.42 Å². The lowest BCUT2D eigenvalue weighted by Crippen LogP contribution is -2.34. The second-order valence-electron chi connectivity index (χ2n) is 5.72. The van der Waals surface area contributed by atoms with E-state index in [1.165, 1.54) is 24.3 Å². The van der Waals surface area contributed by atoms with Crippen molar-refractivity contribution in [3.05, 3.63) is 52.2 Å². The first kappa shape index (κ1) is 20.1. The van der Waals surface area contributed by atoms with Gasteiger partial charge in [-0.25, -0.2) is 13.1 Å². The van der Waals surface area contributed by atoms with Crippen molar-refractivity contribution in [2.24, 2.45) is 0 Å². The predicted octanol–water partition coefficient (Wildman–Crippen LogP) is 1.86. The lowest BCUT2D eigenvalue weighted by atomic mass is 10.2. The molecular formula is C17H20N2O5S2. The Kier molecular flexibility index (Phi) is 6.90. The number of hydrogen-bond acceptors (Lipinski definition) is 5. The van der Waals surface area contributed by atoms with Crippen LogP contribution in [0.2, 0.25) is 0 Å². The number of benzene rings is 1. The van der Waals surface area contributed by atoms with Crippen molar-refractivity contribution in [1.82, 2.24) is 10.0 Å². The minimum atomic E-state index is -3.65. The molecular weight excluding hydrogens is 376 g/mol. The Bertz CT molecular complexity index is 846. The average molecular weight is 396 g/mol. The SMILES string of the molecule is CC(CC(=O)O)NC(=O)c1ccc(S(=O)(=O)NCCc2cccs2)cc1. The Hall–Kier alpha value is -2.23. The molecule has 9 heteroatoms. The summed E-state index contributed by atoms with van der Waals surface area (Å²) in [6, 6.07) is 8.83. The highest BCUT2D eigenvalue weighted by molar-refractivity contribution is 7.89. The Morgan fingerprint density at radius 3 is 2.46 bits per heavy atom. The Labute approximate surface area is 156 Å². The number of hydrogen-bond donors (Lipinski definition) is 3. The minimum absolute atomic E-state index is 0.0683. The molecule has 0 bridgehead atoms. The molecule has 0 aliphatic rings. The number of carboxylic acids is 1. The van der Waals surface area contributed by atoms with Crippen LogP contribution in [0.3, 0.4) is 0 Å². The average Bonchev–Trinajstić information content (AvgIpc) is 3.07. The third-order valence-corrected chi connectivity index (χ3v) is 5.94. The zero-order valence-electron chi connectivity index (χ0n) is 14.1. The van der Waals surface area contributed by atoms with Crippen molar-refractivity contribution in [2.45, 2.75) is 30.7 Å². The minimum Gasteiger partial charge on any atom is -0.481 e. The van der Waals surface area contributed by atoms with E-state index in [9.17, 15) is 18.0 Å². The van der Waals surface area contributed by atoms with Gasteiger partial charge < -0.3 is 10.4 Å². The van der Waals surface area contributed by atoms with Gasteiger partial charge in [-0.2, -0.15) is 0 Å². The smallest absolute Gasteiger partial charge is 0.305 e. The number of rotatable bonds is 9. The number of amides is 1. The molecule has 2 aromatic rings. The van der Waals surface area contributed by atoms with Gasteiger partial charge in [-0.15, -0.1) is 11.3 Å². The van der Waals surface area contributed by atoms with Crippen LogP contribution < -0.4 is 10.0 Å². The molecule has 0 saturated heterocycles. The predicted molar refractivity (Wildman–Crippen MR) is 98.8 cm³/mol. The summed E-state index contributed by atoms with van der Waals surface area (Å²) >= 11 is 1.57. The van der Waals surface area contributed by atoms with E-state index in [4.69, 9.17) is 5.11 Å². The highest BCUT2D eigenvalue weighted by Gasteiger charge is 2.16. The highest BCUT2D eigenvalue weighted by atomic mass is 32.2. The monoisotopic (exact) mass is 396 g/mol. The molecule has 0 spiro atoms. The fourth-order valence-electron chi connectivity index (χ4n) is 2.25. The van der Waals surface area contributed by atoms with Crippen LogP contribution in [-0.2, 0) is 21.2 Å². The molecule has 7 nitrogen and oxygen atoms in total. The molecule has 140 valence electrons. The molecule has 1 unspecified atom stereocenters. The van der Waals surface area contributed by atoms with Gasteiger partial charge in [-0.05, 0) is 49.1 Å². The van der Waals surface area contributed by atoms with Crippen LogP contribution in [0.25, 0.3) is 0 Å². The van der Waals surface area contributed by atoms with Crippen molar-refractivity contribution in [1.29, 1.82) is 0 Å². The van der Waals surface area contributed by atoms with Crippen LogP contribution in [0.5, 0.6) is 0 Å². The van der Waals surface area contributed by atoms with E-state index in [1.807, 2.05) is 17.5 Å². The van der Waals surface area contributed by atoms with E-state index in [0.717, 1.165) is 4.88 Å². The van der Waals surface area contributed by atoms with Crippen LogP contribution >= 0.6 is 11.3 Å². The molecule has 1 aromatic heterocycles. The van der Waals surface area contributed by atoms with E-state index < -0.39 is 27.9 Å². The van der Waals surface area contributed by atoms with Crippen molar-refractivity contribution >= 4 is 33.2 Å². The van der Waals surface area contributed by atoms with Gasteiger partial charge in [-0.1, -0.05) is 6.07 Å². The van der Waals surface area contributed by atoms with E-state index in [-0.39, 0.29) is 23.4 Å². The summed E-state index contributed by atoms with van der Waals surface area (Å²) in [6.07, 6.45) is 0.422. The van der Waals surface area contributed by atoms with Crippen molar-refractivity contribution in [2.75, 3.05) is 6.54 Å². The molecule has 26 heavy (non-hydrogen) atoms. The Balaban J connectivity index is 1.94. The summed E-state index contributed by atoms with van der Waals surface area (Å²) in [6.45, 7) is 1.88. The second-order valence-corrected chi connectivity index (χ2v) is 8.52. The molecule has 2 rings (SSSR count). The van der Waals surface area contributed by atoms with Crippen LogP contribution in [0.4, 0.5) is 0 Å². The van der Waals surface area contributed by atoms with Crippen LogP contribution in [0.15, 0.2) is 46.7 Å². The molecule has 1 heterocycles. The third-order valence-electron chi connectivity index (χ3n) is 3.53. The van der Waals surface area contributed by atoms with Gasteiger partial charge in [0.1, 0.15) is 0 Å². The number of carbonyl (C=O) groups excluding carboxylic acids is 1. The van der Waals surface area contributed by atoms with Crippen LogP contribution in [-0.4, -0.2) is 38.0 Å². The number of carbonyl (C=O) groups is 2. The Morgan fingerprint density at radius 1 is 1.19 bits per heavy atom. The van der Waals surface area contributed by atoms with E-state index in [1.54, 1.807) is 18.3 Å². The molecule has 3 N–H and O–H groups in total. The standard InChI is InChI=1S/C17H20N2O5S2/c1-12(11-16(20)21)19-17(22)13-4-6-15(7-5-13)26(23,24)18-9-8-14-3-2-10-25-14/h2-7,10,12,18H,8-9,11H2,1H3,(H,19,22)(H,20,21). The molecule has 1 atom stereocenters. The maximum absolute atomic E-state index is 12.3. The van der Waals surface area contributed by atoms with Gasteiger partial charge in [0.15, 0.2) is 0 Å². The van der Waals surface area contributed by atoms with Gasteiger partial charge in [-0.3, -0.25) is 9.59 Å². The molecule has 0 aliphatic heterocycles. The summed E-state index contributed by atoms with van der Waals surface area (Å²) in [4.78, 5) is 23.8. The van der Waals surface area contributed by atoms with Crippen LogP contribution in [0.1, 0.15) is 28.6 Å². The van der Waals surface area contributed by atoms with Gasteiger partial charge in [0, 0.05) is 23.0 Å². The van der Waals surface area contributed by atoms with Gasteiger partial charge in [0.05, 0.1) is 11.3 Å². The van der Waals surface area contributed by atoms with Crippen molar-refractivity contribution in [3.63, 3.8) is 0 Å². The fraction of sp³-hybridized carbons (Fsp3) is 0.294. The summed E-state index contributed by atoms with van der Waals surface area (Å²) < 4.78 is 27.1. The summed E-state index contributed by atoms with van der Waals surface area (Å²) in [5, 5.41) is 13.2. The molecule has 1 aromatic carbocycles. The first-order valence-electron chi connectivity index (χ1n) is 7.92. The largest absolute Gasteiger partial charge is 0.481 e. The number of sulfonamides is 1. The number of carboxylic acid groups (broad SMARTS) is 1. The van der Waals surface area contributed by atoms with Crippen molar-refractivity contribution < 1.29 is 23.1 Å². The molecule has 0 radical (unpaired) electrons. The van der Waals surface area contributed by atoms with Gasteiger partial charge in [0.25, 0.3) is 5.91 Å². The summed E-state index contributed by atoms with van der Waals surface area (Å²) in [5.74, 6) is -1.46. The van der Waals surface area contributed by atoms with Crippen LogP contribution in [0, 0.1) is 0 Å². The molecule has 0 fully saturated rings. The zero-order chi connectivity index (χ0) is 19.2. The lowest BCUT2D eigenvalue weighted by Gasteiger charge is -2.12. The quantitative estimate of drug-likeness (QED) is 0.599. The zero-order valence-corrected chi connectivity index (χ0v) is 15.8. The lowest BCUT2D eigenvalue weighted by molar-refractivity contribution is -0.137. The third kappa shape index (κ3) is 5.94. The maximum atomic E-state index is 12.3. The summed E-state index contributed by atoms with van der Waals surface area (Å²) in [7, 11) is -3.65. The van der Waals surface area contributed by atoms with Gasteiger partial charge in [0.2, 0.25) is 10.0 Å². The normalized spacial score (nSPS) is 12.5. The Morgan fingerprint density at radius 2 is 1.88 bits per heavy atom. The topological polar surface area (TPSA) is 113 Å². The molecule has 0 saturated carbocycles. The maximum Gasteiger partial charge on any atom is 0.305 e. The van der Waals surface area contributed by atoms with E-state index in [2.05, 4.69) is 10.0 Å². The first-order chi connectivity index (χ1) is 12.3. The fourth-order valence-corrected chi connectivity index (χ4v) is 3.99. The second kappa shape index (κ2) is 8.93. The molecule has 1 amide bonds. The first-order valence-corrected chi connectivity index (χ1v) is 10.3. The molecule has 0 aliphatic carbocycles. The summed E-state index contributed by atoms with van der Waals surface area (Å²) in [5.41, 5.74) is 0.264. The number of aliphatic carboxylic acids is 1. The number of nitrogens with one attached hydrogen (secondary N) is 2. The van der Waals surface area contributed by atoms with Crippen molar-refractivity contribution in [3.8, 4) is 0 Å². The number of thiophene rings is 1.